The van der Waals surface area contributed by atoms with Crippen molar-refractivity contribution in [3.8, 4) is 12.3 Å². The van der Waals surface area contributed by atoms with Gasteiger partial charge in [-0.2, -0.15) is 0 Å². The smallest absolute Gasteiger partial charge is 0.354 e. The molecule has 5 heteroatoms. The lowest BCUT2D eigenvalue weighted by molar-refractivity contribution is -0.140. The minimum Gasteiger partial charge on any atom is -0.461 e. The van der Waals surface area contributed by atoms with Crippen molar-refractivity contribution in [2.24, 2.45) is 0 Å². The van der Waals surface area contributed by atoms with Crippen molar-refractivity contribution < 1.29 is 14.3 Å². The molecule has 0 fully saturated rings. The van der Waals surface area contributed by atoms with E-state index < -0.39 is 5.97 Å². The molecule has 0 spiro atoms. The fourth-order valence-corrected chi connectivity index (χ4v) is 2.26. The molecule has 0 aliphatic rings. The molecule has 1 aromatic rings. The Balaban J connectivity index is 2.49. The van der Waals surface area contributed by atoms with Crippen molar-refractivity contribution in [3.63, 3.8) is 0 Å². The first kappa shape index (κ1) is 17.0. The van der Waals surface area contributed by atoms with E-state index in [9.17, 15) is 9.59 Å². The number of carbonyl (C=O) groups is 2. The Labute approximate surface area is 129 Å². The maximum Gasteiger partial charge on any atom is 0.354 e. The maximum absolute atomic E-state index is 12.0. The summed E-state index contributed by atoms with van der Waals surface area (Å²) < 4.78 is 5.17. The summed E-state index contributed by atoms with van der Waals surface area (Å²) in [7, 11) is 0. The first-order chi connectivity index (χ1) is 10.1. The number of hydrogen-bond donors (Lipinski definition) is 1. The van der Waals surface area contributed by atoms with Crippen LogP contribution in [0.15, 0.2) is 23.2 Å². The molecule has 0 atom stereocenters. The van der Waals surface area contributed by atoms with Crippen LogP contribution in [0.5, 0.6) is 0 Å². The van der Waals surface area contributed by atoms with Gasteiger partial charge >= 0.3 is 5.97 Å². The van der Waals surface area contributed by atoms with Crippen LogP contribution in [0.25, 0.3) is 6.08 Å². The summed E-state index contributed by atoms with van der Waals surface area (Å²) in [6.07, 6.45) is 10.1. The van der Waals surface area contributed by atoms with Crippen molar-refractivity contribution in [1.29, 1.82) is 0 Å². The van der Waals surface area contributed by atoms with E-state index in [-0.39, 0.29) is 11.6 Å². The van der Waals surface area contributed by atoms with Gasteiger partial charge in [0.15, 0.2) is 0 Å². The molecule has 1 heterocycles. The third-order valence-corrected chi connectivity index (χ3v) is 3.38. The third-order valence-electron chi connectivity index (χ3n) is 2.56. The zero-order valence-electron chi connectivity index (χ0n) is 12.1. The van der Waals surface area contributed by atoms with Gasteiger partial charge in [-0.05, 0) is 36.8 Å². The van der Waals surface area contributed by atoms with Crippen molar-refractivity contribution in [2.75, 3.05) is 6.61 Å². The number of thiophene rings is 1. The number of ether oxygens (including phenoxy) is 1. The van der Waals surface area contributed by atoms with Crippen LogP contribution in [0.1, 0.15) is 37.5 Å². The highest BCUT2D eigenvalue weighted by Crippen LogP contribution is 2.13. The van der Waals surface area contributed by atoms with Gasteiger partial charge in [-0.25, -0.2) is 4.79 Å². The molecule has 0 aliphatic carbocycles. The van der Waals surface area contributed by atoms with E-state index in [0.29, 0.717) is 6.61 Å². The second-order valence-corrected chi connectivity index (χ2v) is 5.38. The van der Waals surface area contributed by atoms with E-state index in [1.54, 1.807) is 6.08 Å². The lowest BCUT2D eigenvalue weighted by Crippen LogP contribution is -2.26. The van der Waals surface area contributed by atoms with Crippen molar-refractivity contribution in [2.45, 2.75) is 32.6 Å². The molecule has 1 N–H and O–H groups in total. The molecular formula is C16H19NO3S. The summed E-state index contributed by atoms with van der Waals surface area (Å²) in [6, 6.07) is 3.73. The Kier molecular flexibility index (Phi) is 7.92. The monoisotopic (exact) mass is 305 g/mol. The van der Waals surface area contributed by atoms with E-state index in [0.717, 1.165) is 30.6 Å². The third kappa shape index (κ3) is 7.33. The van der Waals surface area contributed by atoms with Crippen LogP contribution in [0.3, 0.4) is 0 Å². The van der Waals surface area contributed by atoms with Crippen LogP contribution in [0, 0.1) is 12.3 Å². The van der Waals surface area contributed by atoms with Crippen LogP contribution in [0.4, 0.5) is 0 Å². The highest BCUT2D eigenvalue weighted by molar-refractivity contribution is 7.10. The van der Waals surface area contributed by atoms with Gasteiger partial charge < -0.3 is 10.1 Å². The van der Waals surface area contributed by atoms with Crippen LogP contribution in [-0.2, 0) is 14.3 Å². The zero-order chi connectivity index (χ0) is 15.5. The average molecular weight is 305 g/mol. The lowest BCUT2D eigenvalue weighted by atomic mass is 10.2. The Bertz CT molecular complexity index is 526. The van der Waals surface area contributed by atoms with Gasteiger partial charge in [0.25, 0.3) is 0 Å². The quantitative estimate of drug-likeness (QED) is 0.348. The molecule has 0 radical (unpaired) electrons. The van der Waals surface area contributed by atoms with E-state index in [1.807, 2.05) is 17.5 Å². The first-order valence-electron chi connectivity index (χ1n) is 6.77. The Hall–Kier alpha value is -2.06. The highest BCUT2D eigenvalue weighted by Gasteiger charge is 2.12. The van der Waals surface area contributed by atoms with Crippen LogP contribution in [-0.4, -0.2) is 18.5 Å². The van der Waals surface area contributed by atoms with Gasteiger partial charge in [-0.15, -0.1) is 23.7 Å². The predicted octanol–water partition coefficient (Wildman–Crippen LogP) is 2.96. The van der Waals surface area contributed by atoms with Crippen LogP contribution >= 0.6 is 11.3 Å². The Morgan fingerprint density at radius 3 is 2.86 bits per heavy atom. The van der Waals surface area contributed by atoms with Gasteiger partial charge in [0.05, 0.1) is 6.61 Å². The highest BCUT2D eigenvalue weighted by atomic mass is 32.1. The fourth-order valence-electron chi connectivity index (χ4n) is 1.60. The van der Waals surface area contributed by atoms with E-state index in [2.05, 4.69) is 11.2 Å². The molecule has 4 nitrogen and oxygen atoms in total. The fraction of sp³-hybridized carbons (Fsp3) is 0.375. The predicted molar refractivity (Wildman–Crippen MR) is 84.4 cm³/mol. The zero-order valence-corrected chi connectivity index (χ0v) is 12.9. The van der Waals surface area contributed by atoms with Crippen LogP contribution < -0.4 is 5.32 Å². The summed E-state index contributed by atoms with van der Waals surface area (Å²) in [4.78, 5) is 24.0. The number of unbranched alkanes of at least 4 members (excludes halogenated alkanes) is 3. The second kappa shape index (κ2) is 9.78. The number of nitrogens with one attached hydrogen (secondary N) is 1. The molecule has 0 aliphatic heterocycles. The van der Waals surface area contributed by atoms with Crippen molar-refractivity contribution in [3.05, 3.63) is 28.1 Å². The normalized spacial score (nSPS) is 10.8. The molecule has 1 aromatic heterocycles. The minimum atomic E-state index is -0.518. The first-order valence-corrected chi connectivity index (χ1v) is 7.65. The molecular weight excluding hydrogens is 286 g/mol. The van der Waals surface area contributed by atoms with Gasteiger partial charge in [-0.3, -0.25) is 4.79 Å². The lowest BCUT2D eigenvalue weighted by Gasteiger charge is -2.08. The summed E-state index contributed by atoms with van der Waals surface area (Å²) in [5.41, 5.74) is 0.161. The second-order valence-electron chi connectivity index (χ2n) is 4.41. The number of carbonyl (C=O) groups excluding carboxylic acids is 2. The van der Waals surface area contributed by atoms with Gasteiger partial charge in [0.2, 0.25) is 5.91 Å². The summed E-state index contributed by atoms with van der Waals surface area (Å²) >= 11 is 1.48. The van der Waals surface area contributed by atoms with E-state index in [4.69, 9.17) is 11.2 Å². The number of esters is 1. The molecule has 0 saturated heterocycles. The number of hydrogen-bond acceptors (Lipinski definition) is 4. The maximum atomic E-state index is 12.0. The molecule has 21 heavy (non-hydrogen) atoms. The van der Waals surface area contributed by atoms with Gasteiger partial charge in [0, 0.05) is 18.2 Å². The molecule has 0 unspecified atom stereocenters. The topological polar surface area (TPSA) is 55.4 Å². The van der Waals surface area contributed by atoms with Gasteiger partial charge in [-0.1, -0.05) is 6.07 Å². The molecule has 0 saturated carbocycles. The van der Waals surface area contributed by atoms with Crippen molar-refractivity contribution >= 4 is 29.3 Å². The SMILES string of the molecule is C#CCCCCCOC(=O)C(=Cc1cccs1)NC(C)=O. The van der Waals surface area contributed by atoms with Crippen LogP contribution in [0.2, 0.25) is 0 Å². The summed E-state index contributed by atoms with van der Waals surface area (Å²) in [6.45, 7) is 1.68. The summed E-state index contributed by atoms with van der Waals surface area (Å²) in [5.74, 6) is 1.75. The number of terminal acetylenes is 1. The minimum absolute atomic E-state index is 0.161. The van der Waals surface area contributed by atoms with Crippen molar-refractivity contribution in [1.82, 2.24) is 5.32 Å². The molecule has 0 aromatic carbocycles. The summed E-state index contributed by atoms with van der Waals surface area (Å²) in [5, 5.41) is 4.40. The van der Waals surface area contributed by atoms with Gasteiger partial charge in [0.1, 0.15) is 5.70 Å². The standard InChI is InChI=1S/C16H19NO3S/c1-3-4-5-6-7-10-20-16(19)15(17-13(2)18)12-14-9-8-11-21-14/h1,8-9,11-12H,4-7,10H2,2H3,(H,17,18). The number of amides is 1. The largest absolute Gasteiger partial charge is 0.461 e. The Morgan fingerprint density at radius 1 is 1.43 bits per heavy atom. The molecule has 1 amide bonds. The molecule has 0 bridgehead atoms. The molecule has 112 valence electrons. The van der Waals surface area contributed by atoms with E-state index in [1.165, 1.54) is 18.3 Å². The van der Waals surface area contributed by atoms with E-state index >= 15 is 0 Å². The molecule has 1 rings (SSSR count). The Morgan fingerprint density at radius 2 is 2.24 bits per heavy atom. The number of rotatable bonds is 8. The average Bonchev–Trinajstić information content (AvgIpc) is 2.94.